The minimum absolute atomic E-state index is 0.0204. The van der Waals surface area contributed by atoms with Gasteiger partial charge in [-0.25, -0.2) is 0 Å². The average Bonchev–Trinajstić information content (AvgIpc) is 3.51. The zero-order chi connectivity index (χ0) is 24.6. The smallest absolute Gasteiger partial charge is 0.247 e. The van der Waals surface area contributed by atoms with Crippen LogP contribution in [0.25, 0.3) is 10.9 Å². The Morgan fingerprint density at radius 3 is 2.71 bits per heavy atom. The summed E-state index contributed by atoms with van der Waals surface area (Å²) in [6.45, 7) is 6.57. The predicted molar refractivity (Wildman–Crippen MR) is 129 cm³/mol. The van der Waals surface area contributed by atoms with Gasteiger partial charge in [-0.05, 0) is 44.5 Å². The number of benzene rings is 1. The van der Waals surface area contributed by atoms with E-state index in [0.717, 1.165) is 16.5 Å². The van der Waals surface area contributed by atoms with E-state index < -0.39 is 12.1 Å². The molecule has 34 heavy (non-hydrogen) atoms. The number of fused-ring (bicyclic) bond motifs is 2. The SMILES string of the molecule is CN[C@@H](C)C(=O)N[C@@H](COC)C(=O)N1CC[C@@H]2[C@H]1[C@@H](c1c[nH]c3cc(C)ccc13)CN2C(C)=O. The first kappa shape index (κ1) is 24.2. The molecule has 0 spiro atoms. The molecule has 9 heteroatoms. The Morgan fingerprint density at radius 2 is 2.03 bits per heavy atom. The number of likely N-dealkylation sites (tertiary alicyclic amines) is 2. The van der Waals surface area contributed by atoms with Crippen LogP contribution in [0.15, 0.2) is 24.4 Å². The van der Waals surface area contributed by atoms with Crippen LogP contribution in [0.5, 0.6) is 0 Å². The number of hydrogen-bond donors (Lipinski definition) is 3. The second-order valence-corrected chi connectivity index (χ2v) is 9.48. The van der Waals surface area contributed by atoms with Gasteiger partial charge in [0.05, 0.1) is 24.7 Å². The third-order valence-corrected chi connectivity index (χ3v) is 7.36. The minimum atomic E-state index is -0.787. The highest BCUT2D eigenvalue weighted by Gasteiger charge is 2.52. The summed E-state index contributed by atoms with van der Waals surface area (Å²) in [5, 5.41) is 6.85. The molecule has 0 aliphatic carbocycles. The maximum Gasteiger partial charge on any atom is 0.247 e. The molecule has 0 unspecified atom stereocenters. The van der Waals surface area contributed by atoms with Crippen LogP contribution in [0.2, 0.25) is 0 Å². The van der Waals surface area contributed by atoms with Gasteiger partial charge in [-0.15, -0.1) is 0 Å². The van der Waals surface area contributed by atoms with E-state index in [9.17, 15) is 14.4 Å². The lowest BCUT2D eigenvalue weighted by Gasteiger charge is -2.32. The maximum atomic E-state index is 13.7. The molecule has 0 radical (unpaired) electrons. The molecule has 5 atom stereocenters. The first-order valence-corrected chi connectivity index (χ1v) is 11.9. The van der Waals surface area contributed by atoms with Gasteiger partial charge in [0.15, 0.2) is 0 Å². The van der Waals surface area contributed by atoms with Crippen molar-refractivity contribution in [3.8, 4) is 0 Å². The van der Waals surface area contributed by atoms with Crippen LogP contribution in [-0.4, -0.2) is 90.5 Å². The highest BCUT2D eigenvalue weighted by molar-refractivity contribution is 5.91. The molecule has 1 aromatic heterocycles. The van der Waals surface area contributed by atoms with Gasteiger partial charge < -0.3 is 30.2 Å². The molecule has 4 rings (SSSR count). The number of aromatic nitrogens is 1. The van der Waals surface area contributed by atoms with Crippen molar-refractivity contribution in [2.75, 3.05) is 33.9 Å². The van der Waals surface area contributed by atoms with Crippen molar-refractivity contribution in [3.05, 3.63) is 35.5 Å². The standard InChI is InChI=1S/C25H35N5O4/c1-14-6-7-17-18(11-27-20(17)10-14)19-12-30(16(3)31)22-8-9-29(23(19)22)25(33)21(13-34-5)28-24(32)15(2)26-4/h6-7,10-11,15,19,21-23,26-27H,8-9,12-13H2,1-5H3,(H,28,32)/t15-,19+,21-,22+,23+/m0/s1. The first-order valence-electron chi connectivity index (χ1n) is 11.9. The molecular weight excluding hydrogens is 434 g/mol. The molecule has 1 aromatic carbocycles. The van der Waals surface area contributed by atoms with Crippen molar-refractivity contribution in [1.29, 1.82) is 0 Å². The fourth-order valence-electron chi connectivity index (χ4n) is 5.52. The van der Waals surface area contributed by atoms with Gasteiger partial charge in [-0.2, -0.15) is 0 Å². The Morgan fingerprint density at radius 1 is 1.26 bits per heavy atom. The number of rotatable bonds is 7. The lowest BCUT2D eigenvalue weighted by atomic mass is 9.91. The Labute approximate surface area is 200 Å². The number of nitrogens with zero attached hydrogens (tertiary/aromatic N) is 2. The van der Waals surface area contributed by atoms with E-state index in [1.165, 1.54) is 12.7 Å². The zero-order valence-corrected chi connectivity index (χ0v) is 20.6. The van der Waals surface area contributed by atoms with Crippen molar-refractivity contribution in [1.82, 2.24) is 25.4 Å². The molecule has 0 saturated carbocycles. The molecule has 2 aromatic rings. The number of aryl methyl sites for hydroxylation is 1. The third kappa shape index (κ3) is 4.30. The number of amides is 3. The van der Waals surface area contributed by atoms with Crippen molar-refractivity contribution in [3.63, 3.8) is 0 Å². The summed E-state index contributed by atoms with van der Waals surface area (Å²) in [7, 11) is 3.22. The number of hydrogen-bond acceptors (Lipinski definition) is 5. The van der Waals surface area contributed by atoms with E-state index in [4.69, 9.17) is 4.74 Å². The van der Waals surface area contributed by atoms with E-state index in [1.807, 2.05) is 16.0 Å². The van der Waals surface area contributed by atoms with Gasteiger partial charge in [0.25, 0.3) is 0 Å². The molecule has 2 fully saturated rings. The highest BCUT2D eigenvalue weighted by Crippen LogP contribution is 2.43. The molecule has 184 valence electrons. The number of carbonyl (C=O) groups excluding carboxylic acids is 3. The van der Waals surface area contributed by atoms with E-state index in [-0.39, 0.29) is 42.3 Å². The summed E-state index contributed by atoms with van der Waals surface area (Å²) in [5.74, 6) is -0.426. The average molecular weight is 470 g/mol. The molecule has 3 N–H and O–H groups in total. The summed E-state index contributed by atoms with van der Waals surface area (Å²) in [6, 6.07) is 4.88. The molecule has 3 heterocycles. The summed E-state index contributed by atoms with van der Waals surface area (Å²) >= 11 is 0. The molecule has 0 bridgehead atoms. The Hall–Kier alpha value is -2.91. The number of H-pyrrole nitrogens is 1. The molecule has 2 aliphatic heterocycles. The fraction of sp³-hybridized carbons (Fsp3) is 0.560. The zero-order valence-electron chi connectivity index (χ0n) is 20.6. The normalized spacial score (nSPS) is 23.7. The number of ether oxygens (including phenoxy) is 1. The lowest BCUT2D eigenvalue weighted by molar-refractivity contribution is -0.139. The monoisotopic (exact) mass is 469 g/mol. The van der Waals surface area contributed by atoms with Crippen LogP contribution < -0.4 is 10.6 Å². The van der Waals surface area contributed by atoms with Gasteiger partial charge in [0, 0.05) is 50.1 Å². The second kappa shape index (κ2) is 9.76. The molecule has 9 nitrogen and oxygen atoms in total. The lowest BCUT2D eigenvalue weighted by Crippen LogP contribution is -2.56. The Kier molecular flexibility index (Phi) is 6.95. The second-order valence-electron chi connectivity index (χ2n) is 9.48. The number of methoxy groups -OCH3 is 1. The van der Waals surface area contributed by atoms with Gasteiger partial charge >= 0.3 is 0 Å². The minimum Gasteiger partial charge on any atom is -0.382 e. The maximum absolute atomic E-state index is 13.7. The van der Waals surface area contributed by atoms with E-state index in [0.29, 0.717) is 19.5 Å². The highest BCUT2D eigenvalue weighted by atomic mass is 16.5. The fourth-order valence-corrected chi connectivity index (χ4v) is 5.52. The number of nitrogens with one attached hydrogen (secondary N) is 3. The van der Waals surface area contributed by atoms with Crippen LogP contribution in [0.3, 0.4) is 0 Å². The quantitative estimate of drug-likeness (QED) is 0.564. The van der Waals surface area contributed by atoms with Crippen molar-refractivity contribution < 1.29 is 19.1 Å². The van der Waals surface area contributed by atoms with E-state index in [2.05, 4.69) is 40.7 Å². The summed E-state index contributed by atoms with van der Waals surface area (Å²) in [5.41, 5.74) is 3.33. The number of likely N-dealkylation sites (N-methyl/N-ethyl adjacent to an activating group) is 1. The van der Waals surface area contributed by atoms with Gasteiger partial charge in [0.1, 0.15) is 6.04 Å². The summed E-state index contributed by atoms with van der Waals surface area (Å²) in [6.07, 6.45) is 2.73. The predicted octanol–water partition coefficient (Wildman–Crippen LogP) is 1.13. The van der Waals surface area contributed by atoms with Crippen LogP contribution >= 0.6 is 0 Å². The van der Waals surface area contributed by atoms with Crippen LogP contribution in [-0.2, 0) is 19.1 Å². The Bertz CT molecular complexity index is 1080. The van der Waals surface area contributed by atoms with Gasteiger partial charge in [0.2, 0.25) is 17.7 Å². The van der Waals surface area contributed by atoms with Crippen molar-refractivity contribution in [2.24, 2.45) is 0 Å². The van der Waals surface area contributed by atoms with Gasteiger partial charge in [-0.1, -0.05) is 12.1 Å². The third-order valence-electron chi connectivity index (χ3n) is 7.36. The number of carbonyl (C=O) groups is 3. The van der Waals surface area contributed by atoms with Crippen molar-refractivity contribution >= 4 is 28.6 Å². The first-order chi connectivity index (χ1) is 16.3. The molecule has 2 aliphatic rings. The summed E-state index contributed by atoms with van der Waals surface area (Å²) in [4.78, 5) is 45.9. The van der Waals surface area contributed by atoms with E-state index >= 15 is 0 Å². The largest absolute Gasteiger partial charge is 0.382 e. The van der Waals surface area contributed by atoms with Crippen LogP contribution in [0.1, 0.15) is 37.3 Å². The van der Waals surface area contributed by atoms with Crippen molar-refractivity contribution in [2.45, 2.75) is 57.3 Å². The van der Waals surface area contributed by atoms with Crippen LogP contribution in [0.4, 0.5) is 0 Å². The van der Waals surface area contributed by atoms with Gasteiger partial charge in [-0.3, -0.25) is 14.4 Å². The molecule has 3 amide bonds. The summed E-state index contributed by atoms with van der Waals surface area (Å²) < 4.78 is 5.29. The van der Waals surface area contributed by atoms with Crippen LogP contribution in [0, 0.1) is 6.92 Å². The molecule has 2 saturated heterocycles. The topological polar surface area (TPSA) is 107 Å². The van der Waals surface area contributed by atoms with E-state index in [1.54, 1.807) is 20.9 Å². The number of aromatic amines is 1. The molecular formula is C25H35N5O4. The Balaban J connectivity index is 1.66.